The fraction of sp³-hybridized carbons (Fsp3) is 0.393. The van der Waals surface area contributed by atoms with Crippen molar-refractivity contribution >= 4 is 22.7 Å². The highest BCUT2D eigenvalue weighted by molar-refractivity contribution is 6.06. The van der Waals surface area contributed by atoms with Gasteiger partial charge in [0.25, 0.3) is 5.91 Å². The molecule has 3 heterocycles. The summed E-state index contributed by atoms with van der Waals surface area (Å²) in [4.78, 5) is 35.3. The number of amides is 2. The van der Waals surface area contributed by atoms with Gasteiger partial charge >= 0.3 is 0 Å². The predicted molar refractivity (Wildman–Crippen MR) is 130 cm³/mol. The second-order valence-electron chi connectivity index (χ2n) is 9.74. The van der Waals surface area contributed by atoms with Crippen LogP contribution in [0.25, 0.3) is 10.9 Å². The molecule has 2 saturated heterocycles. The van der Waals surface area contributed by atoms with Crippen molar-refractivity contribution in [1.82, 2.24) is 14.8 Å². The van der Waals surface area contributed by atoms with E-state index in [1.165, 1.54) is 12.1 Å². The molecule has 2 fully saturated rings. The van der Waals surface area contributed by atoms with E-state index in [9.17, 15) is 14.0 Å². The molecule has 0 spiro atoms. The van der Waals surface area contributed by atoms with Crippen molar-refractivity contribution in [3.63, 3.8) is 0 Å². The van der Waals surface area contributed by atoms with Crippen molar-refractivity contribution in [1.29, 1.82) is 0 Å². The van der Waals surface area contributed by atoms with Crippen LogP contribution in [0.5, 0.6) is 0 Å². The van der Waals surface area contributed by atoms with E-state index in [0.29, 0.717) is 18.7 Å². The molecule has 0 N–H and O–H groups in total. The van der Waals surface area contributed by atoms with E-state index >= 15 is 0 Å². The van der Waals surface area contributed by atoms with Crippen LogP contribution in [0, 0.1) is 25.6 Å². The average molecular weight is 460 g/mol. The SMILES string of the molecule is Cc1ccc2nc(C)cc(C(=O)N3CCC[C@@H]4CN(C(=O)Cc5cccc(F)c5)CC[C@@H]43)c2c1. The second kappa shape index (κ2) is 9.16. The van der Waals surface area contributed by atoms with Crippen LogP contribution >= 0.6 is 0 Å². The minimum absolute atomic E-state index is 0.0266. The summed E-state index contributed by atoms with van der Waals surface area (Å²) in [7, 11) is 0. The minimum atomic E-state index is -0.320. The lowest BCUT2D eigenvalue weighted by atomic mass is 9.83. The van der Waals surface area contributed by atoms with Crippen LogP contribution < -0.4 is 0 Å². The van der Waals surface area contributed by atoms with Crippen molar-refractivity contribution in [3.8, 4) is 0 Å². The number of aryl methyl sites for hydroxylation is 2. The lowest BCUT2D eigenvalue weighted by Gasteiger charge is -2.47. The number of pyridine rings is 1. The van der Waals surface area contributed by atoms with Gasteiger partial charge in [-0.05, 0) is 74.9 Å². The molecule has 5 rings (SSSR count). The molecular weight excluding hydrogens is 429 g/mol. The molecule has 2 aliphatic heterocycles. The lowest BCUT2D eigenvalue weighted by Crippen LogP contribution is -2.56. The van der Waals surface area contributed by atoms with E-state index in [-0.39, 0.29) is 36.0 Å². The van der Waals surface area contributed by atoms with Crippen molar-refractivity contribution in [2.45, 2.75) is 45.6 Å². The number of hydrogen-bond acceptors (Lipinski definition) is 3. The number of likely N-dealkylation sites (tertiary alicyclic amines) is 2. The maximum absolute atomic E-state index is 13.8. The molecular formula is C28H30FN3O2. The first-order valence-electron chi connectivity index (χ1n) is 12.1. The number of piperidine rings is 2. The van der Waals surface area contributed by atoms with Gasteiger partial charge in [-0.3, -0.25) is 14.6 Å². The van der Waals surface area contributed by atoms with Crippen LogP contribution in [0.4, 0.5) is 4.39 Å². The number of carbonyl (C=O) groups excluding carboxylic acids is 2. The number of halogens is 1. The quantitative estimate of drug-likeness (QED) is 0.571. The van der Waals surface area contributed by atoms with E-state index in [1.807, 2.05) is 47.9 Å². The number of nitrogens with zero attached hydrogens (tertiary/aromatic N) is 3. The van der Waals surface area contributed by atoms with Crippen LogP contribution in [-0.2, 0) is 11.2 Å². The molecule has 3 aromatic rings. The number of benzene rings is 2. The highest BCUT2D eigenvalue weighted by Gasteiger charge is 2.39. The van der Waals surface area contributed by atoms with E-state index in [4.69, 9.17) is 0 Å². The molecule has 0 unspecified atom stereocenters. The number of rotatable bonds is 3. The van der Waals surface area contributed by atoms with Gasteiger partial charge in [0.1, 0.15) is 5.82 Å². The zero-order chi connectivity index (χ0) is 23.8. The van der Waals surface area contributed by atoms with Gasteiger partial charge in [-0.25, -0.2) is 4.39 Å². The summed E-state index contributed by atoms with van der Waals surface area (Å²) < 4.78 is 13.5. The van der Waals surface area contributed by atoms with Crippen molar-refractivity contribution < 1.29 is 14.0 Å². The fourth-order valence-corrected chi connectivity index (χ4v) is 5.62. The van der Waals surface area contributed by atoms with Gasteiger partial charge in [0.15, 0.2) is 0 Å². The molecule has 5 nitrogen and oxygen atoms in total. The standard InChI is InChI=1S/C28H30FN3O2/c1-18-8-9-25-23(13-18)24(14-19(2)30-25)28(34)32-11-4-6-21-17-31(12-10-26(21)32)27(33)16-20-5-3-7-22(29)15-20/h3,5,7-9,13-15,21,26H,4,6,10-12,16-17H2,1-2H3/t21-,26+/m1/s1. The van der Waals surface area contributed by atoms with Gasteiger partial charge in [0.2, 0.25) is 5.91 Å². The lowest BCUT2D eigenvalue weighted by molar-refractivity contribution is -0.133. The summed E-state index contributed by atoms with van der Waals surface area (Å²) in [6.07, 6.45) is 2.92. The average Bonchev–Trinajstić information content (AvgIpc) is 2.82. The maximum Gasteiger partial charge on any atom is 0.254 e. The maximum atomic E-state index is 13.8. The van der Waals surface area contributed by atoms with Crippen LogP contribution in [0.2, 0.25) is 0 Å². The molecule has 6 heteroatoms. The molecule has 0 bridgehead atoms. The monoisotopic (exact) mass is 459 g/mol. The topological polar surface area (TPSA) is 53.5 Å². The summed E-state index contributed by atoms with van der Waals surface area (Å²) in [6, 6.07) is 14.3. The molecule has 1 aromatic heterocycles. The van der Waals surface area contributed by atoms with E-state index in [1.54, 1.807) is 12.1 Å². The Morgan fingerprint density at radius 2 is 1.91 bits per heavy atom. The number of hydrogen-bond donors (Lipinski definition) is 0. The summed E-state index contributed by atoms with van der Waals surface area (Å²) in [5, 5.41) is 0.903. The van der Waals surface area contributed by atoms with Crippen LogP contribution in [0.15, 0.2) is 48.5 Å². The van der Waals surface area contributed by atoms with Crippen LogP contribution in [-0.4, -0.2) is 52.3 Å². The molecule has 2 aromatic carbocycles. The van der Waals surface area contributed by atoms with E-state index in [0.717, 1.165) is 53.5 Å². The number of aromatic nitrogens is 1. The van der Waals surface area contributed by atoms with E-state index < -0.39 is 0 Å². The smallest absolute Gasteiger partial charge is 0.254 e. The van der Waals surface area contributed by atoms with Gasteiger partial charge in [0.05, 0.1) is 17.5 Å². The Morgan fingerprint density at radius 3 is 2.74 bits per heavy atom. The van der Waals surface area contributed by atoms with Crippen LogP contribution in [0.3, 0.4) is 0 Å². The summed E-state index contributed by atoms with van der Waals surface area (Å²) in [5.41, 5.74) is 4.21. The Kier molecular flexibility index (Phi) is 6.07. The predicted octanol–water partition coefficient (Wildman–Crippen LogP) is 4.69. The van der Waals surface area contributed by atoms with Gasteiger partial charge in [-0.15, -0.1) is 0 Å². The van der Waals surface area contributed by atoms with Crippen molar-refractivity contribution in [3.05, 3.63) is 76.7 Å². The second-order valence-corrected chi connectivity index (χ2v) is 9.74. The van der Waals surface area contributed by atoms with Crippen LogP contribution in [0.1, 0.15) is 46.4 Å². The fourth-order valence-electron chi connectivity index (χ4n) is 5.62. The van der Waals surface area contributed by atoms with Gasteiger partial charge in [0, 0.05) is 36.8 Å². The normalized spacial score (nSPS) is 20.3. The first kappa shape index (κ1) is 22.5. The Morgan fingerprint density at radius 1 is 1.06 bits per heavy atom. The Balaban J connectivity index is 1.34. The van der Waals surface area contributed by atoms with Gasteiger partial charge in [-0.2, -0.15) is 0 Å². The van der Waals surface area contributed by atoms with Gasteiger partial charge < -0.3 is 9.80 Å². The molecule has 0 aliphatic carbocycles. The Labute approximate surface area is 199 Å². The van der Waals surface area contributed by atoms with E-state index in [2.05, 4.69) is 4.98 Å². The highest BCUT2D eigenvalue weighted by Crippen LogP contribution is 2.33. The molecule has 2 atom stereocenters. The largest absolute Gasteiger partial charge is 0.342 e. The minimum Gasteiger partial charge on any atom is -0.342 e. The molecule has 2 amide bonds. The molecule has 0 radical (unpaired) electrons. The number of fused-ring (bicyclic) bond motifs is 2. The first-order valence-corrected chi connectivity index (χ1v) is 12.1. The third kappa shape index (κ3) is 4.41. The molecule has 176 valence electrons. The Bertz CT molecular complexity index is 1260. The van der Waals surface area contributed by atoms with Crippen molar-refractivity contribution in [2.24, 2.45) is 5.92 Å². The summed E-state index contributed by atoms with van der Waals surface area (Å²) in [6.45, 7) is 5.97. The summed E-state index contributed by atoms with van der Waals surface area (Å²) >= 11 is 0. The summed E-state index contributed by atoms with van der Waals surface area (Å²) in [5.74, 6) is 0.0346. The third-order valence-corrected chi connectivity index (χ3v) is 7.25. The zero-order valence-corrected chi connectivity index (χ0v) is 19.8. The molecule has 34 heavy (non-hydrogen) atoms. The van der Waals surface area contributed by atoms with Gasteiger partial charge in [-0.1, -0.05) is 23.8 Å². The number of carbonyl (C=O) groups is 2. The highest BCUT2D eigenvalue weighted by atomic mass is 19.1. The third-order valence-electron chi connectivity index (χ3n) is 7.25. The first-order chi connectivity index (χ1) is 16.4. The van der Waals surface area contributed by atoms with Crippen molar-refractivity contribution in [2.75, 3.05) is 19.6 Å². The Hall–Kier alpha value is -3.28. The zero-order valence-electron chi connectivity index (χ0n) is 19.8. The molecule has 0 saturated carbocycles. The molecule has 2 aliphatic rings.